The van der Waals surface area contributed by atoms with Crippen LogP contribution in [0.2, 0.25) is 0 Å². The molecule has 0 aliphatic carbocycles. The fraction of sp³-hybridized carbons (Fsp3) is 0.786. The molecule has 3 atom stereocenters. The average Bonchev–Trinajstić information content (AvgIpc) is 2.88. The number of carbonyl (C=O) groups excluding carboxylic acids is 3. The Balaban J connectivity index is 2.67. The predicted molar refractivity (Wildman–Crippen MR) is 77.4 cm³/mol. The largest absolute Gasteiger partial charge is 0.467 e. The number of rotatable bonds is 8. The first-order valence-corrected chi connectivity index (χ1v) is 7.36. The van der Waals surface area contributed by atoms with E-state index in [9.17, 15) is 14.4 Å². The van der Waals surface area contributed by atoms with Crippen molar-refractivity contribution >= 4 is 17.8 Å². The molecule has 7 heteroatoms. The molecule has 0 radical (unpaired) electrons. The van der Waals surface area contributed by atoms with Crippen molar-refractivity contribution in [1.82, 2.24) is 16.0 Å². The zero-order valence-corrected chi connectivity index (χ0v) is 12.9. The van der Waals surface area contributed by atoms with Crippen LogP contribution in [0.1, 0.15) is 32.6 Å². The lowest BCUT2D eigenvalue weighted by Gasteiger charge is -2.22. The quantitative estimate of drug-likeness (QED) is 0.528. The molecule has 2 amide bonds. The van der Waals surface area contributed by atoms with Crippen LogP contribution in [0, 0.1) is 5.92 Å². The summed E-state index contributed by atoms with van der Waals surface area (Å²) in [4.78, 5) is 35.6. The summed E-state index contributed by atoms with van der Waals surface area (Å²) in [5.74, 6) is -1.09. The molecule has 1 rings (SSSR count). The Kier molecular flexibility index (Phi) is 7.14. The van der Waals surface area contributed by atoms with E-state index in [0.717, 1.165) is 6.42 Å². The van der Waals surface area contributed by atoms with Gasteiger partial charge in [-0.2, -0.15) is 0 Å². The highest BCUT2D eigenvalue weighted by Crippen LogP contribution is 2.17. The number of nitrogens with one attached hydrogen (secondary N) is 3. The smallest absolute Gasteiger partial charge is 0.328 e. The second-order valence-corrected chi connectivity index (χ2v) is 5.23. The molecule has 0 bridgehead atoms. The van der Waals surface area contributed by atoms with Crippen molar-refractivity contribution in [3.05, 3.63) is 0 Å². The molecule has 0 spiro atoms. The van der Waals surface area contributed by atoms with Crippen molar-refractivity contribution in [2.75, 3.05) is 20.7 Å². The van der Waals surface area contributed by atoms with Gasteiger partial charge in [0.15, 0.2) is 0 Å². The Bertz CT molecular complexity index is 386. The summed E-state index contributed by atoms with van der Waals surface area (Å²) in [7, 11) is 2.98. The van der Waals surface area contributed by atoms with Crippen molar-refractivity contribution < 1.29 is 19.1 Å². The monoisotopic (exact) mass is 299 g/mol. The van der Waals surface area contributed by atoms with Crippen LogP contribution in [0.3, 0.4) is 0 Å². The van der Waals surface area contributed by atoms with E-state index < -0.39 is 12.0 Å². The number of carbonyl (C=O) groups is 3. The van der Waals surface area contributed by atoms with Crippen molar-refractivity contribution in [2.45, 2.75) is 44.7 Å². The molecule has 0 saturated carbocycles. The van der Waals surface area contributed by atoms with Crippen LogP contribution in [-0.4, -0.2) is 50.6 Å². The van der Waals surface area contributed by atoms with Gasteiger partial charge in [0.25, 0.3) is 0 Å². The first kappa shape index (κ1) is 17.4. The number of hydrogen-bond donors (Lipinski definition) is 3. The lowest BCUT2D eigenvalue weighted by molar-refractivity contribution is -0.146. The summed E-state index contributed by atoms with van der Waals surface area (Å²) in [6.07, 6.45) is 2.48. The van der Waals surface area contributed by atoms with E-state index in [4.69, 9.17) is 4.74 Å². The molecule has 120 valence electrons. The highest BCUT2D eigenvalue weighted by atomic mass is 16.5. The van der Waals surface area contributed by atoms with Crippen molar-refractivity contribution in [2.24, 2.45) is 5.92 Å². The van der Waals surface area contributed by atoms with Gasteiger partial charge in [0.1, 0.15) is 6.04 Å². The normalized spacial score (nSPS) is 20.5. The third kappa shape index (κ3) is 5.00. The lowest BCUT2D eigenvalue weighted by atomic mass is 9.98. The summed E-state index contributed by atoms with van der Waals surface area (Å²) < 4.78 is 4.73. The second-order valence-electron chi connectivity index (χ2n) is 5.23. The molecule has 1 aliphatic rings. The Morgan fingerprint density at radius 2 is 2.14 bits per heavy atom. The summed E-state index contributed by atoms with van der Waals surface area (Å²) in [5, 5.41) is 8.34. The first-order chi connectivity index (χ1) is 10.0. The molecular weight excluding hydrogens is 274 g/mol. The van der Waals surface area contributed by atoms with Gasteiger partial charge in [-0.15, -0.1) is 0 Å². The van der Waals surface area contributed by atoms with Crippen molar-refractivity contribution in [3.63, 3.8) is 0 Å². The molecule has 0 unspecified atom stereocenters. The Labute approximate surface area is 125 Å². The summed E-state index contributed by atoms with van der Waals surface area (Å²) in [5.41, 5.74) is 0. The van der Waals surface area contributed by atoms with Crippen molar-refractivity contribution in [3.8, 4) is 0 Å². The Morgan fingerprint density at radius 1 is 1.43 bits per heavy atom. The van der Waals surface area contributed by atoms with Crippen LogP contribution in [0.5, 0.6) is 0 Å². The summed E-state index contributed by atoms with van der Waals surface area (Å²) in [6.45, 7) is 2.60. The molecule has 3 N–H and O–H groups in total. The fourth-order valence-electron chi connectivity index (χ4n) is 2.48. The minimum Gasteiger partial charge on any atom is -0.467 e. The van der Waals surface area contributed by atoms with E-state index in [0.29, 0.717) is 19.4 Å². The second kappa shape index (κ2) is 8.61. The van der Waals surface area contributed by atoms with E-state index in [1.807, 2.05) is 6.92 Å². The maximum Gasteiger partial charge on any atom is 0.328 e. The molecule has 0 aromatic heterocycles. The third-order valence-electron chi connectivity index (χ3n) is 3.73. The summed E-state index contributed by atoms with van der Waals surface area (Å²) in [6, 6.07) is -1.14. The molecule has 7 nitrogen and oxygen atoms in total. The standard InChI is InChI=1S/C14H25N3O4/c1-4-5-10(15-2)13(19)17-11(14(20)21-3)8-9-6-7-16-12(9)18/h9-11,15H,4-8H2,1-3H3,(H,16,18)(H,17,19)/t9-,10-,11-/m0/s1. The van der Waals surface area contributed by atoms with Gasteiger partial charge in [0.2, 0.25) is 11.8 Å². The fourth-order valence-corrected chi connectivity index (χ4v) is 2.48. The van der Waals surface area contributed by atoms with Gasteiger partial charge in [-0.1, -0.05) is 13.3 Å². The SMILES string of the molecule is CCC[C@H](NC)C(=O)N[C@@H](C[C@@H]1CCNC1=O)C(=O)OC. The molecule has 1 fully saturated rings. The maximum absolute atomic E-state index is 12.2. The van der Waals surface area contributed by atoms with Gasteiger partial charge < -0.3 is 20.7 Å². The lowest BCUT2D eigenvalue weighted by Crippen LogP contribution is -2.50. The minimum absolute atomic E-state index is 0.0723. The van der Waals surface area contributed by atoms with Crippen LogP contribution in [0.15, 0.2) is 0 Å². The third-order valence-corrected chi connectivity index (χ3v) is 3.73. The number of esters is 1. The van der Waals surface area contributed by atoms with Gasteiger partial charge in [-0.05, 0) is 26.3 Å². The molecule has 1 heterocycles. The van der Waals surface area contributed by atoms with Crippen LogP contribution in [0.25, 0.3) is 0 Å². The van der Waals surface area contributed by atoms with Crippen LogP contribution < -0.4 is 16.0 Å². The van der Waals surface area contributed by atoms with E-state index in [2.05, 4.69) is 16.0 Å². The van der Waals surface area contributed by atoms with Crippen molar-refractivity contribution in [1.29, 1.82) is 0 Å². The highest BCUT2D eigenvalue weighted by Gasteiger charge is 2.32. The highest BCUT2D eigenvalue weighted by molar-refractivity contribution is 5.88. The number of methoxy groups -OCH3 is 1. The van der Waals surface area contributed by atoms with Gasteiger partial charge in [0.05, 0.1) is 13.2 Å². The molecule has 1 saturated heterocycles. The molecule has 1 aliphatic heterocycles. The first-order valence-electron chi connectivity index (χ1n) is 7.36. The molecule has 0 aromatic rings. The number of ether oxygens (including phenoxy) is 1. The van der Waals surface area contributed by atoms with E-state index in [-0.39, 0.29) is 30.2 Å². The molecule has 21 heavy (non-hydrogen) atoms. The summed E-state index contributed by atoms with van der Waals surface area (Å²) >= 11 is 0. The average molecular weight is 299 g/mol. The number of likely N-dealkylation sites (N-methyl/N-ethyl adjacent to an activating group) is 1. The van der Waals surface area contributed by atoms with E-state index >= 15 is 0 Å². The van der Waals surface area contributed by atoms with Crippen LogP contribution in [-0.2, 0) is 19.1 Å². The van der Waals surface area contributed by atoms with Gasteiger partial charge >= 0.3 is 5.97 Å². The van der Waals surface area contributed by atoms with Gasteiger partial charge in [-0.3, -0.25) is 9.59 Å². The Morgan fingerprint density at radius 3 is 2.62 bits per heavy atom. The number of hydrogen-bond acceptors (Lipinski definition) is 5. The zero-order valence-electron chi connectivity index (χ0n) is 12.9. The van der Waals surface area contributed by atoms with Gasteiger partial charge in [0, 0.05) is 12.5 Å². The van der Waals surface area contributed by atoms with Crippen LogP contribution in [0.4, 0.5) is 0 Å². The minimum atomic E-state index is -0.788. The van der Waals surface area contributed by atoms with E-state index in [1.54, 1.807) is 7.05 Å². The number of amides is 2. The zero-order chi connectivity index (χ0) is 15.8. The van der Waals surface area contributed by atoms with Crippen LogP contribution >= 0.6 is 0 Å². The van der Waals surface area contributed by atoms with E-state index in [1.165, 1.54) is 7.11 Å². The van der Waals surface area contributed by atoms with Gasteiger partial charge in [-0.25, -0.2) is 4.79 Å². The molecular formula is C14H25N3O4. The Hall–Kier alpha value is -1.63. The molecule has 0 aromatic carbocycles. The topological polar surface area (TPSA) is 96.5 Å². The maximum atomic E-state index is 12.2. The predicted octanol–water partition coefficient (Wildman–Crippen LogP) is -0.441.